The van der Waals surface area contributed by atoms with Crippen molar-refractivity contribution in [3.05, 3.63) is 29.6 Å². The van der Waals surface area contributed by atoms with Crippen LogP contribution in [0, 0.1) is 5.82 Å². The minimum Gasteiger partial charge on any atom is -0.343 e. The quantitative estimate of drug-likeness (QED) is 0.811. The van der Waals surface area contributed by atoms with Crippen molar-refractivity contribution in [1.82, 2.24) is 10.2 Å². The largest absolute Gasteiger partial charge is 0.419 e. The summed E-state index contributed by atoms with van der Waals surface area (Å²) in [5.74, 6) is -1.39. The third-order valence-corrected chi connectivity index (χ3v) is 4.02. The third kappa shape index (κ3) is 5.07. The molecule has 2 N–H and O–H groups in total. The van der Waals surface area contributed by atoms with Crippen LogP contribution in [-0.2, 0) is 11.0 Å². The first-order valence-electron chi connectivity index (χ1n) is 7.92. The number of nitrogens with zero attached hydrogens (tertiary/aromatic N) is 1. The highest BCUT2D eigenvalue weighted by Crippen LogP contribution is 2.32. The zero-order valence-corrected chi connectivity index (χ0v) is 13.6. The summed E-state index contributed by atoms with van der Waals surface area (Å²) in [6.07, 6.45) is -3.19. The van der Waals surface area contributed by atoms with Crippen molar-refractivity contribution < 1.29 is 27.2 Å². The summed E-state index contributed by atoms with van der Waals surface area (Å²) in [5, 5.41) is 4.99. The third-order valence-electron chi connectivity index (χ3n) is 4.02. The molecule has 3 amide bonds. The first-order valence-corrected chi connectivity index (χ1v) is 7.92. The van der Waals surface area contributed by atoms with Gasteiger partial charge in [0.15, 0.2) is 0 Å². The Morgan fingerprint density at radius 1 is 1.24 bits per heavy atom. The molecule has 138 valence electrons. The number of amides is 3. The standard InChI is InChI=1S/C16H19F4N3O2/c1-2-14(24)23-7-5-10(6-8-23)21-15(25)22-11-3-4-12(13(17)9-11)16(18,19)20/h3-4,9-10H,2,5-8H2,1H3,(H2,21,22,25). The second-order valence-corrected chi connectivity index (χ2v) is 5.80. The second-order valence-electron chi connectivity index (χ2n) is 5.80. The van der Waals surface area contributed by atoms with Crippen LogP contribution in [0.3, 0.4) is 0 Å². The van der Waals surface area contributed by atoms with Gasteiger partial charge >= 0.3 is 12.2 Å². The predicted octanol–water partition coefficient (Wildman–Crippen LogP) is 3.37. The highest BCUT2D eigenvalue weighted by Gasteiger charge is 2.34. The van der Waals surface area contributed by atoms with E-state index in [0.717, 1.165) is 6.07 Å². The van der Waals surface area contributed by atoms with Crippen LogP contribution >= 0.6 is 0 Å². The topological polar surface area (TPSA) is 61.4 Å². The molecule has 1 aromatic rings. The van der Waals surface area contributed by atoms with E-state index in [4.69, 9.17) is 0 Å². The van der Waals surface area contributed by atoms with E-state index in [1.165, 1.54) is 0 Å². The van der Waals surface area contributed by atoms with Gasteiger partial charge in [0, 0.05) is 31.2 Å². The monoisotopic (exact) mass is 361 g/mol. The van der Waals surface area contributed by atoms with Crippen molar-refractivity contribution in [2.75, 3.05) is 18.4 Å². The van der Waals surface area contributed by atoms with Gasteiger partial charge in [-0.3, -0.25) is 4.79 Å². The molecular formula is C16H19F4N3O2. The number of halogens is 4. The Hall–Kier alpha value is -2.32. The maximum absolute atomic E-state index is 13.5. The summed E-state index contributed by atoms with van der Waals surface area (Å²) >= 11 is 0. The van der Waals surface area contributed by atoms with E-state index in [0.29, 0.717) is 44.5 Å². The van der Waals surface area contributed by atoms with Gasteiger partial charge in [0.25, 0.3) is 0 Å². The van der Waals surface area contributed by atoms with Crippen LogP contribution < -0.4 is 10.6 Å². The lowest BCUT2D eigenvalue weighted by atomic mass is 10.0. The lowest BCUT2D eigenvalue weighted by Gasteiger charge is -2.32. The molecule has 0 radical (unpaired) electrons. The molecule has 1 fully saturated rings. The average Bonchev–Trinajstić information content (AvgIpc) is 2.53. The smallest absolute Gasteiger partial charge is 0.343 e. The number of hydrogen-bond acceptors (Lipinski definition) is 2. The van der Waals surface area contributed by atoms with Crippen molar-refractivity contribution in [1.29, 1.82) is 0 Å². The van der Waals surface area contributed by atoms with Crippen LogP contribution in [0.1, 0.15) is 31.7 Å². The minimum atomic E-state index is -4.78. The lowest BCUT2D eigenvalue weighted by Crippen LogP contribution is -2.47. The molecule has 2 rings (SSSR count). The fraction of sp³-hybridized carbons (Fsp3) is 0.500. The van der Waals surface area contributed by atoms with Crippen LogP contribution in [0.15, 0.2) is 18.2 Å². The highest BCUT2D eigenvalue weighted by molar-refractivity contribution is 5.89. The second kappa shape index (κ2) is 7.71. The maximum atomic E-state index is 13.5. The number of alkyl halides is 3. The Labute approximate surface area is 142 Å². The van der Waals surface area contributed by atoms with E-state index >= 15 is 0 Å². The molecule has 1 heterocycles. The number of urea groups is 1. The van der Waals surface area contributed by atoms with Gasteiger partial charge in [-0.2, -0.15) is 13.2 Å². The molecule has 0 aromatic heterocycles. The zero-order valence-electron chi connectivity index (χ0n) is 13.6. The van der Waals surface area contributed by atoms with E-state index in [-0.39, 0.29) is 17.6 Å². The van der Waals surface area contributed by atoms with E-state index in [1.807, 2.05) is 0 Å². The average molecular weight is 361 g/mol. The summed E-state index contributed by atoms with van der Waals surface area (Å²) in [5.41, 5.74) is -1.45. The Kier molecular flexibility index (Phi) is 5.86. The molecule has 1 aromatic carbocycles. The molecule has 0 spiro atoms. The number of piperidine rings is 1. The highest BCUT2D eigenvalue weighted by atomic mass is 19.4. The van der Waals surface area contributed by atoms with Gasteiger partial charge in [-0.15, -0.1) is 0 Å². The van der Waals surface area contributed by atoms with E-state index < -0.39 is 23.6 Å². The van der Waals surface area contributed by atoms with Crippen molar-refractivity contribution in [3.8, 4) is 0 Å². The SMILES string of the molecule is CCC(=O)N1CCC(NC(=O)Nc2ccc(C(F)(F)F)c(F)c2)CC1. The fourth-order valence-corrected chi connectivity index (χ4v) is 2.67. The summed E-state index contributed by atoms with van der Waals surface area (Å²) in [4.78, 5) is 25.2. The Balaban J connectivity index is 1.87. The lowest BCUT2D eigenvalue weighted by molar-refractivity contribution is -0.140. The molecule has 1 aliphatic rings. The van der Waals surface area contributed by atoms with Gasteiger partial charge in [-0.05, 0) is 31.0 Å². The van der Waals surface area contributed by atoms with Crippen LogP contribution in [0.25, 0.3) is 0 Å². The molecule has 0 aliphatic carbocycles. The summed E-state index contributed by atoms with van der Waals surface area (Å²) in [7, 11) is 0. The zero-order chi connectivity index (χ0) is 18.6. The predicted molar refractivity (Wildman–Crippen MR) is 83.4 cm³/mol. The van der Waals surface area contributed by atoms with Gasteiger partial charge in [0.1, 0.15) is 5.82 Å². The van der Waals surface area contributed by atoms with Crippen molar-refractivity contribution >= 4 is 17.6 Å². The molecular weight excluding hydrogens is 342 g/mol. The van der Waals surface area contributed by atoms with Gasteiger partial charge < -0.3 is 15.5 Å². The molecule has 1 saturated heterocycles. The normalized spacial score (nSPS) is 15.8. The minimum absolute atomic E-state index is 0.0585. The Bertz CT molecular complexity index is 641. The van der Waals surface area contributed by atoms with Crippen molar-refractivity contribution in [3.63, 3.8) is 0 Å². The summed E-state index contributed by atoms with van der Waals surface area (Å²) < 4.78 is 51.0. The van der Waals surface area contributed by atoms with Crippen LogP contribution in [-0.4, -0.2) is 36.0 Å². The molecule has 0 unspecified atom stereocenters. The summed E-state index contributed by atoms with van der Waals surface area (Å²) in [6, 6.07) is 1.43. The van der Waals surface area contributed by atoms with Gasteiger partial charge in [-0.1, -0.05) is 6.92 Å². The maximum Gasteiger partial charge on any atom is 0.419 e. The molecule has 5 nitrogen and oxygen atoms in total. The van der Waals surface area contributed by atoms with Gasteiger partial charge in [0.2, 0.25) is 5.91 Å². The molecule has 0 bridgehead atoms. The number of carbonyl (C=O) groups is 2. The van der Waals surface area contributed by atoms with E-state index in [1.54, 1.807) is 11.8 Å². The van der Waals surface area contributed by atoms with Crippen LogP contribution in [0.4, 0.5) is 28.0 Å². The van der Waals surface area contributed by atoms with Gasteiger partial charge in [0.05, 0.1) is 5.56 Å². The molecule has 1 aliphatic heterocycles. The van der Waals surface area contributed by atoms with Crippen molar-refractivity contribution in [2.24, 2.45) is 0 Å². The molecule has 9 heteroatoms. The van der Waals surface area contributed by atoms with Crippen LogP contribution in [0.5, 0.6) is 0 Å². The van der Waals surface area contributed by atoms with Crippen molar-refractivity contribution in [2.45, 2.75) is 38.4 Å². The fourth-order valence-electron chi connectivity index (χ4n) is 2.67. The van der Waals surface area contributed by atoms with Crippen LogP contribution in [0.2, 0.25) is 0 Å². The first-order chi connectivity index (χ1) is 11.7. The molecule has 25 heavy (non-hydrogen) atoms. The number of likely N-dealkylation sites (tertiary alicyclic amines) is 1. The number of rotatable bonds is 3. The first kappa shape index (κ1) is 19.0. The summed E-state index contributed by atoms with van der Waals surface area (Å²) in [6.45, 7) is 2.85. The molecule has 0 saturated carbocycles. The number of nitrogens with one attached hydrogen (secondary N) is 2. The van der Waals surface area contributed by atoms with E-state index in [2.05, 4.69) is 10.6 Å². The Morgan fingerprint density at radius 2 is 1.88 bits per heavy atom. The molecule has 0 atom stereocenters. The van der Waals surface area contributed by atoms with E-state index in [9.17, 15) is 27.2 Å². The number of benzene rings is 1. The number of carbonyl (C=O) groups excluding carboxylic acids is 2. The van der Waals surface area contributed by atoms with Gasteiger partial charge in [-0.25, -0.2) is 9.18 Å². The number of hydrogen-bond donors (Lipinski definition) is 2. The Morgan fingerprint density at radius 3 is 2.40 bits per heavy atom. The number of anilines is 1.